The van der Waals surface area contributed by atoms with Crippen LogP contribution in [0.1, 0.15) is 32.3 Å². The maximum atomic E-state index is 11.9. The first-order valence-corrected chi connectivity index (χ1v) is 7.12. The van der Waals surface area contributed by atoms with Gasteiger partial charge in [-0.25, -0.2) is 0 Å². The molecule has 0 bridgehead atoms. The summed E-state index contributed by atoms with van der Waals surface area (Å²) in [5.41, 5.74) is 6.56. The quantitative estimate of drug-likeness (QED) is 0.567. The van der Waals surface area contributed by atoms with Crippen molar-refractivity contribution in [1.29, 1.82) is 0 Å². The molecule has 1 atom stereocenters. The van der Waals surface area contributed by atoms with Crippen molar-refractivity contribution in [2.75, 3.05) is 6.54 Å². The maximum Gasteiger partial charge on any atom is 0.269 e. The van der Waals surface area contributed by atoms with Crippen LogP contribution >= 0.6 is 0 Å². The predicted molar refractivity (Wildman–Crippen MR) is 81.6 cm³/mol. The van der Waals surface area contributed by atoms with E-state index in [4.69, 9.17) is 5.73 Å². The molecule has 6 nitrogen and oxygen atoms in total. The minimum Gasteiger partial charge on any atom is -0.352 e. The number of nitro benzene ring substituents is 1. The van der Waals surface area contributed by atoms with Crippen LogP contribution in [0.2, 0.25) is 0 Å². The third kappa shape index (κ3) is 6.35. The molecule has 0 spiro atoms. The zero-order valence-electron chi connectivity index (χ0n) is 12.5. The Balaban J connectivity index is 2.43. The molecular weight excluding hydrogens is 270 g/mol. The zero-order valence-corrected chi connectivity index (χ0v) is 12.5. The van der Waals surface area contributed by atoms with Gasteiger partial charge in [-0.3, -0.25) is 14.9 Å². The summed E-state index contributed by atoms with van der Waals surface area (Å²) in [5, 5.41) is 13.4. The molecule has 0 saturated carbocycles. The standard InChI is InChI=1S/C15H23N3O3/c1-11(2)7-13(9-16)8-15(19)17-10-12-3-5-14(6-4-12)18(20)21/h3-6,11,13H,7-10,16H2,1-2H3,(H,17,19). The molecule has 0 heterocycles. The summed E-state index contributed by atoms with van der Waals surface area (Å²) in [4.78, 5) is 22.0. The van der Waals surface area contributed by atoms with Gasteiger partial charge in [0.2, 0.25) is 5.91 Å². The van der Waals surface area contributed by atoms with Gasteiger partial charge in [0, 0.05) is 25.1 Å². The van der Waals surface area contributed by atoms with E-state index in [0.717, 1.165) is 12.0 Å². The van der Waals surface area contributed by atoms with Gasteiger partial charge in [0.25, 0.3) is 5.69 Å². The Morgan fingerprint density at radius 2 is 1.95 bits per heavy atom. The number of nitro groups is 1. The number of hydrogen-bond acceptors (Lipinski definition) is 4. The first-order valence-electron chi connectivity index (χ1n) is 7.12. The fourth-order valence-corrected chi connectivity index (χ4v) is 2.20. The molecule has 0 aliphatic carbocycles. The predicted octanol–water partition coefficient (Wildman–Crippen LogP) is 2.22. The molecule has 1 aromatic rings. The number of carbonyl (C=O) groups excluding carboxylic acids is 1. The first kappa shape index (κ1) is 17.1. The van der Waals surface area contributed by atoms with Crippen molar-refractivity contribution >= 4 is 11.6 Å². The molecule has 0 fully saturated rings. The van der Waals surface area contributed by atoms with Crippen LogP contribution in [0, 0.1) is 22.0 Å². The molecule has 0 saturated heterocycles. The molecular formula is C15H23N3O3. The maximum absolute atomic E-state index is 11.9. The van der Waals surface area contributed by atoms with Gasteiger partial charge in [0.05, 0.1) is 4.92 Å². The fraction of sp³-hybridized carbons (Fsp3) is 0.533. The van der Waals surface area contributed by atoms with Crippen LogP contribution in [-0.2, 0) is 11.3 Å². The minimum absolute atomic E-state index is 0.0375. The number of carbonyl (C=O) groups is 1. The third-order valence-electron chi connectivity index (χ3n) is 3.25. The SMILES string of the molecule is CC(C)CC(CN)CC(=O)NCc1ccc([N+](=O)[O-])cc1. The second kappa shape index (κ2) is 8.36. The summed E-state index contributed by atoms with van der Waals surface area (Å²) >= 11 is 0. The van der Waals surface area contributed by atoms with Gasteiger partial charge < -0.3 is 11.1 Å². The summed E-state index contributed by atoms with van der Waals surface area (Å²) in [6, 6.07) is 6.16. The summed E-state index contributed by atoms with van der Waals surface area (Å²) in [6.45, 7) is 5.09. The average Bonchev–Trinajstić information content (AvgIpc) is 2.44. The first-order chi connectivity index (χ1) is 9.92. The minimum atomic E-state index is -0.444. The second-order valence-corrected chi connectivity index (χ2v) is 5.64. The van der Waals surface area contributed by atoms with Crippen molar-refractivity contribution in [3.63, 3.8) is 0 Å². The molecule has 21 heavy (non-hydrogen) atoms. The lowest BCUT2D eigenvalue weighted by molar-refractivity contribution is -0.384. The molecule has 0 aliphatic rings. The van der Waals surface area contributed by atoms with E-state index in [1.807, 2.05) is 0 Å². The van der Waals surface area contributed by atoms with Gasteiger partial charge in [-0.2, -0.15) is 0 Å². The van der Waals surface area contributed by atoms with Crippen LogP contribution in [-0.4, -0.2) is 17.4 Å². The van der Waals surface area contributed by atoms with Gasteiger partial charge in [-0.15, -0.1) is 0 Å². The molecule has 1 aromatic carbocycles. The summed E-state index contributed by atoms with van der Waals surface area (Å²) in [5.74, 6) is 0.673. The Morgan fingerprint density at radius 1 is 1.33 bits per heavy atom. The van der Waals surface area contributed by atoms with Gasteiger partial charge >= 0.3 is 0 Å². The Labute approximate surface area is 124 Å². The van der Waals surface area contributed by atoms with E-state index in [0.29, 0.717) is 25.4 Å². The van der Waals surface area contributed by atoms with Crippen molar-refractivity contribution in [1.82, 2.24) is 5.32 Å². The molecule has 0 aromatic heterocycles. The molecule has 1 unspecified atom stereocenters. The largest absolute Gasteiger partial charge is 0.352 e. The highest BCUT2D eigenvalue weighted by molar-refractivity contribution is 5.76. The van der Waals surface area contributed by atoms with Gasteiger partial charge in [0.1, 0.15) is 0 Å². The van der Waals surface area contributed by atoms with Crippen LogP contribution in [0.25, 0.3) is 0 Å². The Kier molecular flexibility index (Phi) is 6.81. The Morgan fingerprint density at radius 3 is 2.43 bits per heavy atom. The highest BCUT2D eigenvalue weighted by atomic mass is 16.6. The molecule has 1 amide bonds. The monoisotopic (exact) mass is 293 g/mol. The van der Waals surface area contributed by atoms with Gasteiger partial charge in [0.15, 0.2) is 0 Å². The highest BCUT2D eigenvalue weighted by Gasteiger charge is 2.14. The number of rotatable bonds is 8. The van der Waals surface area contributed by atoms with Crippen LogP contribution in [0.3, 0.4) is 0 Å². The third-order valence-corrected chi connectivity index (χ3v) is 3.25. The molecule has 6 heteroatoms. The van der Waals surface area contributed by atoms with Crippen molar-refractivity contribution in [2.45, 2.75) is 33.2 Å². The Hall–Kier alpha value is -1.95. The number of nitrogens with two attached hydrogens (primary N) is 1. The van der Waals surface area contributed by atoms with Crippen molar-refractivity contribution in [2.24, 2.45) is 17.6 Å². The van der Waals surface area contributed by atoms with E-state index in [2.05, 4.69) is 19.2 Å². The lowest BCUT2D eigenvalue weighted by Crippen LogP contribution is -2.28. The van der Waals surface area contributed by atoms with Gasteiger partial charge in [-0.05, 0) is 30.4 Å². The van der Waals surface area contributed by atoms with Crippen LogP contribution in [0.4, 0.5) is 5.69 Å². The lowest BCUT2D eigenvalue weighted by Gasteiger charge is -2.16. The van der Waals surface area contributed by atoms with E-state index < -0.39 is 4.92 Å². The highest BCUT2D eigenvalue weighted by Crippen LogP contribution is 2.15. The van der Waals surface area contributed by atoms with Crippen molar-refractivity contribution in [3.05, 3.63) is 39.9 Å². The smallest absolute Gasteiger partial charge is 0.269 e. The van der Waals surface area contributed by atoms with Crippen LogP contribution in [0.5, 0.6) is 0 Å². The lowest BCUT2D eigenvalue weighted by atomic mass is 9.94. The topological polar surface area (TPSA) is 98.3 Å². The molecule has 3 N–H and O–H groups in total. The van der Waals surface area contributed by atoms with E-state index in [9.17, 15) is 14.9 Å². The van der Waals surface area contributed by atoms with E-state index >= 15 is 0 Å². The summed E-state index contributed by atoms with van der Waals surface area (Å²) < 4.78 is 0. The number of hydrogen-bond donors (Lipinski definition) is 2. The summed E-state index contributed by atoms with van der Waals surface area (Å²) in [6.07, 6.45) is 1.35. The molecule has 0 aliphatic heterocycles. The van der Waals surface area contributed by atoms with Crippen molar-refractivity contribution < 1.29 is 9.72 Å². The number of nitrogens with zero attached hydrogens (tertiary/aromatic N) is 1. The summed E-state index contributed by atoms with van der Waals surface area (Å²) in [7, 11) is 0. The average molecular weight is 293 g/mol. The van der Waals surface area contributed by atoms with E-state index in [-0.39, 0.29) is 17.5 Å². The normalized spacial score (nSPS) is 12.2. The molecule has 1 rings (SSSR count). The van der Waals surface area contributed by atoms with Gasteiger partial charge in [-0.1, -0.05) is 26.0 Å². The number of amides is 1. The number of nitrogens with one attached hydrogen (secondary N) is 1. The van der Waals surface area contributed by atoms with Crippen molar-refractivity contribution in [3.8, 4) is 0 Å². The second-order valence-electron chi connectivity index (χ2n) is 5.64. The zero-order chi connectivity index (χ0) is 15.8. The number of non-ortho nitro benzene ring substituents is 1. The van der Waals surface area contributed by atoms with E-state index in [1.165, 1.54) is 12.1 Å². The molecule has 0 radical (unpaired) electrons. The van der Waals surface area contributed by atoms with E-state index in [1.54, 1.807) is 12.1 Å². The molecule has 116 valence electrons. The number of benzene rings is 1. The van der Waals surface area contributed by atoms with Crippen LogP contribution in [0.15, 0.2) is 24.3 Å². The Bertz CT molecular complexity index is 472. The van der Waals surface area contributed by atoms with Crippen LogP contribution < -0.4 is 11.1 Å². The fourth-order valence-electron chi connectivity index (χ4n) is 2.20.